The molecule has 5 heteroatoms. The van der Waals surface area contributed by atoms with Crippen LogP contribution in [0.2, 0.25) is 0 Å². The Bertz CT molecular complexity index is 664. The maximum Gasteiger partial charge on any atom is 0.226 e. The first-order chi connectivity index (χ1) is 12.4. The van der Waals surface area contributed by atoms with Gasteiger partial charge in [-0.25, -0.2) is 0 Å². The molecule has 142 valence electrons. The average Bonchev–Trinajstić information content (AvgIpc) is 3.15. The molecule has 0 aromatic rings. The van der Waals surface area contributed by atoms with Crippen LogP contribution in [0.3, 0.4) is 0 Å². The van der Waals surface area contributed by atoms with Crippen molar-refractivity contribution in [1.29, 1.82) is 0 Å². The highest BCUT2D eigenvalue weighted by molar-refractivity contribution is 6.00. The molecule has 6 aliphatic carbocycles. The largest absolute Gasteiger partial charge is 0.354 e. The van der Waals surface area contributed by atoms with Crippen LogP contribution in [0.5, 0.6) is 0 Å². The van der Waals surface area contributed by atoms with Crippen LogP contribution in [-0.2, 0) is 14.4 Å². The summed E-state index contributed by atoms with van der Waals surface area (Å²) < 4.78 is 0. The van der Waals surface area contributed by atoms with Gasteiger partial charge < -0.3 is 10.6 Å². The molecule has 0 radical (unpaired) electrons. The number of carbonyl (C=O) groups excluding carboxylic acids is 3. The highest BCUT2D eigenvalue weighted by atomic mass is 16.2. The van der Waals surface area contributed by atoms with Crippen LogP contribution in [0.15, 0.2) is 0 Å². The Morgan fingerprint density at radius 1 is 1.23 bits per heavy atom. The van der Waals surface area contributed by atoms with E-state index >= 15 is 0 Å². The molecule has 6 aliphatic rings. The normalized spacial score (nSPS) is 45.3. The van der Waals surface area contributed by atoms with E-state index in [1.807, 2.05) is 0 Å². The highest BCUT2D eigenvalue weighted by Crippen LogP contribution is 2.71. The SMILES string of the molecule is CC(C)C(CNC(=O)C12CCC(CC1)C2)NC(=O)C1C2CC3C(C2=O)C31. The first-order valence-electron chi connectivity index (χ1n) is 10.5. The van der Waals surface area contributed by atoms with Crippen molar-refractivity contribution >= 4 is 17.6 Å². The standard InChI is InChI=1S/C21H30N2O3/c1-10(2)14(9-22-20(26)21-5-3-11(8-21)4-6-21)23-19(25)17-13-7-12-15(17)16(12)18(13)24/h10-17H,3-9H2,1-2H3,(H,22,26)(H,23,25). The summed E-state index contributed by atoms with van der Waals surface area (Å²) in [6, 6.07) is -0.0634. The second-order valence-electron chi connectivity index (χ2n) is 10.0. The Labute approximate surface area is 155 Å². The third-order valence-electron chi connectivity index (χ3n) is 8.44. The van der Waals surface area contributed by atoms with E-state index in [9.17, 15) is 14.4 Å². The highest BCUT2D eigenvalue weighted by Gasteiger charge is 2.75. The molecule has 0 heterocycles. The van der Waals surface area contributed by atoms with Crippen LogP contribution in [0.4, 0.5) is 0 Å². The van der Waals surface area contributed by atoms with Gasteiger partial charge in [0, 0.05) is 29.8 Å². The van der Waals surface area contributed by atoms with Crippen LogP contribution in [-0.4, -0.2) is 30.2 Å². The van der Waals surface area contributed by atoms with Gasteiger partial charge in [0.1, 0.15) is 5.78 Å². The molecule has 26 heavy (non-hydrogen) atoms. The first-order valence-corrected chi connectivity index (χ1v) is 10.5. The predicted octanol–water partition coefficient (Wildman–Crippen LogP) is 1.90. The van der Waals surface area contributed by atoms with Crippen LogP contribution in [0.1, 0.15) is 52.4 Å². The van der Waals surface area contributed by atoms with E-state index in [2.05, 4.69) is 24.5 Å². The Morgan fingerprint density at radius 2 is 1.96 bits per heavy atom. The second kappa shape index (κ2) is 5.56. The number of amides is 2. The summed E-state index contributed by atoms with van der Waals surface area (Å²) in [6.45, 7) is 4.66. The van der Waals surface area contributed by atoms with Gasteiger partial charge in [-0.1, -0.05) is 13.8 Å². The summed E-state index contributed by atoms with van der Waals surface area (Å²) in [6.07, 6.45) is 6.42. The zero-order valence-corrected chi connectivity index (χ0v) is 15.8. The third kappa shape index (κ3) is 2.24. The Morgan fingerprint density at radius 3 is 2.42 bits per heavy atom. The molecule has 2 amide bonds. The van der Waals surface area contributed by atoms with Gasteiger partial charge in [-0.3, -0.25) is 14.4 Å². The lowest BCUT2D eigenvalue weighted by Gasteiger charge is -2.29. The van der Waals surface area contributed by atoms with E-state index in [0.717, 1.165) is 31.6 Å². The molecule has 6 unspecified atom stereocenters. The van der Waals surface area contributed by atoms with Gasteiger partial charge in [-0.2, -0.15) is 0 Å². The molecule has 0 aromatic heterocycles. The number of nitrogens with one attached hydrogen (secondary N) is 2. The fraction of sp³-hybridized carbons (Fsp3) is 0.857. The minimum absolute atomic E-state index is 0.0230. The van der Waals surface area contributed by atoms with E-state index in [1.165, 1.54) is 12.8 Å². The van der Waals surface area contributed by atoms with Crippen molar-refractivity contribution in [3.05, 3.63) is 0 Å². The van der Waals surface area contributed by atoms with Crippen molar-refractivity contribution in [3.63, 3.8) is 0 Å². The monoisotopic (exact) mass is 358 g/mol. The number of hydrogen-bond donors (Lipinski definition) is 2. The second-order valence-corrected chi connectivity index (χ2v) is 10.0. The molecule has 6 bridgehead atoms. The fourth-order valence-electron chi connectivity index (χ4n) is 6.83. The van der Waals surface area contributed by atoms with Gasteiger partial charge in [0.25, 0.3) is 0 Å². The van der Waals surface area contributed by atoms with Gasteiger partial charge >= 0.3 is 0 Å². The summed E-state index contributed by atoms with van der Waals surface area (Å²) in [7, 11) is 0. The lowest BCUT2D eigenvalue weighted by molar-refractivity contribution is -0.132. The van der Waals surface area contributed by atoms with Gasteiger partial charge in [-0.05, 0) is 62.2 Å². The number of fused-ring (bicyclic) bond motifs is 2. The summed E-state index contributed by atoms with van der Waals surface area (Å²) >= 11 is 0. The number of ketones is 1. The lowest BCUT2D eigenvalue weighted by atomic mass is 9.83. The molecule has 2 N–H and O–H groups in total. The number of Topliss-reactive ketones (excluding diaryl/α,β-unsaturated/α-hetero) is 1. The van der Waals surface area contributed by atoms with Crippen molar-refractivity contribution in [2.24, 2.45) is 46.8 Å². The molecule has 0 saturated heterocycles. The molecular weight excluding hydrogens is 328 g/mol. The van der Waals surface area contributed by atoms with Crippen molar-refractivity contribution in [2.75, 3.05) is 6.54 Å². The maximum atomic E-state index is 12.8. The van der Waals surface area contributed by atoms with Crippen LogP contribution in [0.25, 0.3) is 0 Å². The summed E-state index contributed by atoms with van der Waals surface area (Å²) in [5.41, 5.74) is -0.128. The molecule has 6 saturated carbocycles. The molecule has 6 atom stereocenters. The zero-order chi connectivity index (χ0) is 18.2. The van der Waals surface area contributed by atoms with Crippen molar-refractivity contribution in [3.8, 4) is 0 Å². The van der Waals surface area contributed by atoms with Crippen molar-refractivity contribution in [2.45, 2.75) is 58.4 Å². The smallest absolute Gasteiger partial charge is 0.226 e. The third-order valence-corrected chi connectivity index (χ3v) is 8.44. The van der Waals surface area contributed by atoms with Crippen LogP contribution < -0.4 is 10.6 Å². The molecule has 0 spiro atoms. The topological polar surface area (TPSA) is 75.3 Å². The van der Waals surface area contributed by atoms with Gasteiger partial charge in [0.05, 0.1) is 5.92 Å². The van der Waals surface area contributed by atoms with E-state index in [1.54, 1.807) is 0 Å². The number of hydrogen-bond acceptors (Lipinski definition) is 3. The van der Waals surface area contributed by atoms with E-state index < -0.39 is 0 Å². The quantitative estimate of drug-likeness (QED) is 0.761. The molecule has 0 aliphatic heterocycles. The van der Waals surface area contributed by atoms with Gasteiger partial charge in [0.2, 0.25) is 11.8 Å². The van der Waals surface area contributed by atoms with Crippen molar-refractivity contribution < 1.29 is 14.4 Å². The predicted molar refractivity (Wildman–Crippen MR) is 95.9 cm³/mol. The minimum Gasteiger partial charge on any atom is -0.354 e. The summed E-state index contributed by atoms with van der Waals surface area (Å²) in [5, 5.41) is 6.33. The van der Waals surface area contributed by atoms with Gasteiger partial charge in [0.15, 0.2) is 0 Å². The zero-order valence-electron chi connectivity index (χ0n) is 15.8. The lowest BCUT2D eigenvalue weighted by Crippen LogP contribution is -2.51. The molecular formula is C21H30N2O3. The molecule has 6 rings (SSSR count). The summed E-state index contributed by atoms with van der Waals surface area (Å²) in [5.74, 6) is 2.47. The first kappa shape index (κ1) is 16.8. The van der Waals surface area contributed by atoms with E-state index in [4.69, 9.17) is 0 Å². The van der Waals surface area contributed by atoms with Crippen molar-refractivity contribution in [1.82, 2.24) is 10.6 Å². The molecule has 5 nitrogen and oxygen atoms in total. The summed E-state index contributed by atoms with van der Waals surface area (Å²) in [4.78, 5) is 37.7. The van der Waals surface area contributed by atoms with E-state index in [-0.39, 0.29) is 46.9 Å². The van der Waals surface area contributed by atoms with Crippen LogP contribution in [0, 0.1) is 46.8 Å². The average molecular weight is 358 g/mol. The maximum absolute atomic E-state index is 12.8. The minimum atomic E-state index is -0.128. The molecule has 0 aromatic carbocycles. The fourth-order valence-corrected chi connectivity index (χ4v) is 6.83. The number of carbonyl (C=O) groups is 3. The van der Waals surface area contributed by atoms with Crippen LogP contribution >= 0.6 is 0 Å². The molecule has 6 fully saturated rings. The Hall–Kier alpha value is -1.39. The Balaban J connectivity index is 1.19. The Kier molecular flexibility index (Phi) is 3.58. The van der Waals surface area contributed by atoms with Gasteiger partial charge in [-0.15, -0.1) is 0 Å². The van der Waals surface area contributed by atoms with E-state index in [0.29, 0.717) is 24.2 Å². The number of rotatable bonds is 6.